The zero-order valence-corrected chi connectivity index (χ0v) is 20.3. The largest absolute Gasteiger partial charge is 0.459 e. The Morgan fingerprint density at radius 2 is 1.56 bits per heavy atom. The first-order valence-electron chi connectivity index (χ1n) is 12.6. The maximum atomic E-state index is 13.0. The van der Waals surface area contributed by atoms with Crippen molar-refractivity contribution < 1.29 is 18.8 Å². The van der Waals surface area contributed by atoms with Gasteiger partial charge < -0.3 is 19.5 Å². The number of rotatable bonds is 7. The lowest BCUT2D eigenvalue weighted by molar-refractivity contribution is -0.133. The summed E-state index contributed by atoms with van der Waals surface area (Å²) in [4.78, 5) is 41.2. The van der Waals surface area contributed by atoms with Crippen LogP contribution in [0.5, 0.6) is 0 Å². The topological polar surface area (TPSA) is 82.9 Å². The van der Waals surface area contributed by atoms with Gasteiger partial charge in [-0.05, 0) is 48.1 Å². The second-order valence-electron chi connectivity index (χ2n) is 9.72. The standard InChI is InChI=1S/C29H31N3O4/c33-26-12-14-29(30-26,21-22-8-10-24(11-9-22)23-5-2-1-3-6-23)15-13-27(34)31-16-18-32(19-17-31)28(35)25-7-4-20-36-25/h1-11,20H,12-19,21H2,(H,30,33)/t29-/m1/s1. The molecular weight excluding hydrogens is 454 g/mol. The smallest absolute Gasteiger partial charge is 0.289 e. The highest BCUT2D eigenvalue weighted by molar-refractivity contribution is 5.91. The van der Waals surface area contributed by atoms with Gasteiger partial charge in [0.2, 0.25) is 11.8 Å². The number of nitrogens with one attached hydrogen (secondary N) is 1. The summed E-state index contributed by atoms with van der Waals surface area (Å²) in [6.45, 7) is 1.99. The first-order valence-corrected chi connectivity index (χ1v) is 12.6. The molecule has 186 valence electrons. The van der Waals surface area contributed by atoms with Gasteiger partial charge in [0.05, 0.1) is 6.26 Å². The van der Waals surface area contributed by atoms with Crippen LogP contribution in [0.25, 0.3) is 11.1 Å². The molecule has 0 aliphatic carbocycles. The molecular formula is C29H31N3O4. The average molecular weight is 486 g/mol. The van der Waals surface area contributed by atoms with Crippen molar-refractivity contribution in [1.29, 1.82) is 0 Å². The molecule has 0 unspecified atom stereocenters. The first kappa shape index (κ1) is 23.9. The Bertz CT molecular complexity index is 1200. The lowest BCUT2D eigenvalue weighted by Crippen LogP contribution is -2.51. The third-order valence-corrected chi connectivity index (χ3v) is 7.31. The zero-order valence-electron chi connectivity index (χ0n) is 20.3. The Labute approximate surface area is 211 Å². The molecule has 3 aromatic rings. The van der Waals surface area contributed by atoms with Crippen molar-refractivity contribution in [2.45, 2.75) is 37.6 Å². The van der Waals surface area contributed by atoms with Gasteiger partial charge in [-0.3, -0.25) is 14.4 Å². The summed E-state index contributed by atoms with van der Waals surface area (Å²) in [7, 11) is 0. The van der Waals surface area contributed by atoms with Crippen molar-refractivity contribution in [3.05, 3.63) is 84.3 Å². The second kappa shape index (κ2) is 10.4. The minimum absolute atomic E-state index is 0.0495. The molecule has 3 amide bonds. The van der Waals surface area contributed by atoms with Crippen LogP contribution in [0.15, 0.2) is 77.4 Å². The van der Waals surface area contributed by atoms with E-state index in [-0.39, 0.29) is 17.7 Å². The predicted octanol–water partition coefficient (Wildman–Crippen LogP) is 3.90. The number of hydrogen-bond acceptors (Lipinski definition) is 4. The molecule has 7 heteroatoms. The van der Waals surface area contributed by atoms with E-state index >= 15 is 0 Å². The van der Waals surface area contributed by atoms with E-state index in [2.05, 4.69) is 41.7 Å². The normalized spacial score (nSPS) is 19.8. The molecule has 2 aliphatic heterocycles. The summed E-state index contributed by atoms with van der Waals surface area (Å²) in [5.41, 5.74) is 3.07. The highest BCUT2D eigenvalue weighted by Crippen LogP contribution is 2.31. The second-order valence-corrected chi connectivity index (χ2v) is 9.72. The van der Waals surface area contributed by atoms with E-state index < -0.39 is 5.54 Å². The number of carbonyl (C=O) groups excluding carboxylic acids is 3. The lowest BCUT2D eigenvalue weighted by atomic mass is 9.84. The fourth-order valence-corrected chi connectivity index (χ4v) is 5.24. The molecule has 5 rings (SSSR count). The number of hydrogen-bond donors (Lipinski definition) is 1. The van der Waals surface area contributed by atoms with Gasteiger partial charge in [-0.25, -0.2) is 0 Å². The molecule has 2 fully saturated rings. The minimum atomic E-state index is -0.405. The van der Waals surface area contributed by atoms with E-state index in [1.807, 2.05) is 23.1 Å². The SMILES string of the molecule is O=C1CC[C@@](CCC(=O)N2CCN(C(=O)c3ccco3)CC2)(Cc2ccc(-c3ccccc3)cc2)N1. The molecule has 0 radical (unpaired) electrons. The van der Waals surface area contributed by atoms with Gasteiger partial charge in [0.25, 0.3) is 5.91 Å². The van der Waals surface area contributed by atoms with Crippen molar-refractivity contribution in [1.82, 2.24) is 15.1 Å². The monoisotopic (exact) mass is 485 g/mol. The summed E-state index contributed by atoms with van der Waals surface area (Å²) in [5, 5.41) is 3.19. The summed E-state index contributed by atoms with van der Waals surface area (Å²) in [6.07, 6.45) is 4.38. The molecule has 1 N–H and O–H groups in total. The van der Waals surface area contributed by atoms with Gasteiger partial charge in [-0.2, -0.15) is 0 Å². The quantitative estimate of drug-likeness (QED) is 0.550. The molecule has 1 atom stereocenters. The van der Waals surface area contributed by atoms with E-state index in [9.17, 15) is 14.4 Å². The first-order chi connectivity index (χ1) is 17.5. The molecule has 1 aromatic heterocycles. The van der Waals surface area contributed by atoms with E-state index in [0.717, 1.165) is 17.5 Å². The molecule has 7 nitrogen and oxygen atoms in total. The third kappa shape index (κ3) is 5.35. The summed E-state index contributed by atoms with van der Waals surface area (Å²) in [5.74, 6) is 0.303. The van der Waals surface area contributed by atoms with Crippen LogP contribution in [-0.4, -0.2) is 59.2 Å². The number of carbonyl (C=O) groups is 3. The van der Waals surface area contributed by atoms with E-state index in [0.29, 0.717) is 57.6 Å². The van der Waals surface area contributed by atoms with Gasteiger partial charge in [0.15, 0.2) is 5.76 Å². The lowest BCUT2D eigenvalue weighted by Gasteiger charge is -2.35. The van der Waals surface area contributed by atoms with E-state index in [4.69, 9.17) is 4.42 Å². The maximum Gasteiger partial charge on any atom is 0.289 e. The van der Waals surface area contributed by atoms with Crippen LogP contribution in [0.2, 0.25) is 0 Å². The van der Waals surface area contributed by atoms with Crippen molar-refractivity contribution in [2.24, 2.45) is 0 Å². The van der Waals surface area contributed by atoms with E-state index in [1.54, 1.807) is 17.0 Å². The van der Waals surface area contributed by atoms with Gasteiger partial charge >= 0.3 is 0 Å². The third-order valence-electron chi connectivity index (χ3n) is 7.31. The number of furan rings is 1. The van der Waals surface area contributed by atoms with Gasteiger partial charge in [-0.1, -0.05) is 54.6 Å². The van der Waals surface area contributed by atoms with Crippen LogP contribution in [0, 0.1) is 0 Å². The molecule has 0 bridgehead atoms. The van der Waals surface area contributed by atoms with Gasteiger partial charge in [0, 0.05) is 44.6 Å². The van der Waals surface area contributed by atoms with Crippen LogP contribution < -0.4 is 5.32 Å². The molecule has 2 aromatic carbocycles. The highest BCUT2D eigenvalue weighted by Gasteiger charge is 2.38. The Morgan fingerprint density at radius 3 is 2.19 bits per heavy atom. The minimum Gasteiger partial charge on any atom is -0.459 e. The Balaban J connectivity index is 1.17. The zero-order chi connectivity index (χ0) is 25.0. The summed E-state index contributed by atoms with van der Waals surface area (Å²) < 4.78 is 5.21. The number of piperazine rings is 1. The molecule has 36 heavy (non-hydrogen) atoms. The van der Waals surface area contributed by atoms with Crippen molar-refractivity contribution >= 4 is 17.7 Å². The van der Waals surface area contributed by atoms with Crippen molar-refractivity contribution in [3.63, 3.8) is 0 Å². The van der Waals surface area contributed by atoms with Crippen LogP contribution in [-0.2, 0) is 16.0 Å². The number of nitrogens with zero attached hydrogens (tertiary/aromatic N) is 2. The summed E-state index contributed by atoms with van der Waals surface area (Å²) >= 11 is 0. The molecule has 2 aliphatic rings. The Morgan fingerprint density at radius 1 is 0.861 bits per heavy atom. The van der Waals surface area contributed by atoms with Crippen LogP contribution in [0.4, 0.5) is 0 Å². The van der Waals surface area contributed by atoms with Crippen LogP contribution in [0.3, 0.4) is 0 Å². The fourth-order valence-electron chi connectivity index (χ4n) is 5.24. The number of amides is 3. The van der Waals surface area contributed by atoms with Crippen molar-refractivity contribution in [3.8, 4) is 11.1 Å². The van der Waals surface area contributed by atoms with Gasteiger partial charge in [-0.15, -0.1) is 0 Å². The average Bonchev–Trinajstić information content (AvgIpc) is 3.59. The van der Waals surface area contributed by atoms with Crippen LogP contribution >= 0.6 is 0 Å². The van der Waals surface area contributed by atoms with E-state index in [1.165, 1.54) is 11.8 Å². The van der Waals surface area contributed by atoms with Crippen LogP contribution in [0.1, 0.15) is 41.8 Å². The Hall–Kier alpha value is -3.87. The summed E-state index contributed by atoms with van der Waals surface area (Å²) in [6, 6.07) is 22.1. The van der Waals surface area contributed by atoms with Crippen molar-refractivity contribution in [2.75, 3.05) is 26.2 Å². The molecule has 2 saturated heterocycles. The predicted molar refractivity (Wildman–Crippen MR) is 136 cm³/mol. The molecule has 3 heterocycles. The highest BCUT2D eigenvalue weighted by atomic mass is 16.3. The molecule has 0 spiro atoms. The molecule has 0 saturated carbocycles. The number of benzene rings is 2. The Kier molecular flexibility index (Phi) is 6.89. The van der Waals surface area contributed by atoms with Gasteiger partial charge in [0.1, 0.15) is 0 Å². The maximum absolute atomic E-state index is 13.0. The fraction of sp³-hybridized carbons (Fsp3) is 0.345.